The number of rotatable bonds is 0. The minimum absolute atomic E-state index is 0. The Morgan fingerprint density at radius 2 is 0.833 bits per heavy atom. The summed E-state index contributed by atoms with van der Waals surface area (Å²) in [4.78, 5) is 45.8. The van der Waals surface area contributed by atoms with E-state index in [1.165, 1.54) is 0 Å². The topological polar surface area (TPSA) is 161 Å². The zero-order valence-electron chi connectivity index (χ0n) is 6.32. The summed E-state index contributed by atoms with van der Waals surface area (Å²) < 4.78 is 17.5. The van der Waals surface area contributed by atoms with Crippen molar-refractivity contribution in [2.75, 3.05) is 0 Å². The van der Waals surface area contributed by atoms with Crippen molar-refractivity contribution in [1.29, 1.82) is 0 Å². The van der Waals surface area contributed by atoms with E-state index in [0.29, 0.717) is 0 Å². The average molecular weight is 240 g/mol. The average Bonchev–Trinajstić information content (AvgIpc) is 1.12. The van der Waals surface area contributed by atoms with Crippen LogP contribution >= 0.6 is 15.6 Å². The Kier molecular flexibility index (Phi) is 19.4. The van der Waals surface area contributed by atoms with E-state index in [2.05, 4.69) is 0 Å². The Hall–Kier alpha value is 2.22. The first-order chi connectivity index (χ1) is 4.00. The maximum absolute atomic E-state index is 8.88. The molecule has 12 heavy (non-hydrogen) atoms. The van der Waals surface area contributed by atoms with Gasteiger partial charge in [0, 0.05) is 0 Å². The molecule has 12 heteroatoms. The first kappa shape index (κ1) is 23.8. The summed E-state index contributed by atoms with van der Waals surface area (Å²) in [5.41, 5.74) is 0. The van der Waals surface area contributed by atoms with Gasteiger partial charge in [-0.25, -0.2) is 4.57 Å². The van der Waals surface area contributed by atoms with Gasteiger partial charge in [0.05, 0.1) is 7.82 Å². The number of phosphoric acid groups is 2. The van der Waals surface area contributed by atoms with Crippen molar-refractivity contribution in [1.82, 2.24) is 0 Å². The molecular formula is H4Na2O8P2. The van der Waals surface area contributed by atoms with Gasteiger partial charge in [0.2, 0.25) is 0 Å². The molecule has 0 amide bonds. The molecule has 0 heterocycles. The maximum Gasteiger partial charge on any atom is 1.00 e. The van der Waals surface area contributed by atoms with Crippen molar-refractivity contribution < 1.29 is 97.6 Å². The molecule has 0 aliphatic carbocycles. The molecule has 0 rings (SSSR count). The van der Waals surface area contributed by atoms with E-state index in [1.807, 2.05) is 0 Å². The van der Waals surface area contributed by atoms with Gasteiger partial charge < -0.3 is 33.9 Å². The molecule has 0 bridgehead atoms. The minimum Gasteiger partial charge on any atom is -0.790 e. The van der Waals surface area contributed by atoms with Crippen LogP contribution in [0.3, 0.4) is 0 Å². The summed E-state index contributed by atoms with van der Waals surface area (Å²) in [7, 11) is -9.78. The third-order valence-corrected chi connectivity index (χ3v) is 0. The van der Waals surface area contributed by atoms with Crippen LogP contribution in [0.2, 0.25) is 0 Å². The van der Waals surface area contributed by atoms with E-state index in [-0.39, 0.29) is 59.1 Å². The van der Waals surface area contributed by atoms with Gasteiger partial charge in [-0.05, 0) is 0 Å². The van der Waals surface area contributed by atoms with E-state index < -0.39 is 15.6 Å². The van der Waals surface area contributed by atoms with Crippen molar-refractivity contribution >= 4 is 15.6 Å². The van der Waals surface area contributed by atoms with Crippen LogP contribution in [-0.2, 0) is 9.13 Å². The molecule has 0 aliphatic rings. The Morgan fingerprint density at radius 3 is 0.833 bits per heavy atom. The van der Waals surface area contributed by atoms with E-state index in [0.717, 1.165) is 0 Å². The van der Waals surface area contributed by atoms with Gasteiger partial charge in [-0.2, -0.15) is 0 Å². The van der Waals surface area contributed by atoms with Gasteiger partial charge in [0.1, 0.15) is 0 Å². The minimum atomic E-state index is -5.14. The van der Waals surface area contributed by atoms with Gasteiger partial charge in [-0.3, -0.25) is 0 Å². The van der Waals surface area contributed by atoms with E-state index in [4.69, 9.17) is 38.5 Å². The molecule has 0 unspecified atom stereocenters. The predicted octanol–water partition coefficient (Wildman–Crippen LogP) is -9.11. The first-order valence-corrected chi connectivity index (χ1v) is 4.59. The van der Waals surface area contributed by atoms with Crippen LogP contribution in [-0.4, -0.2) is 19.6 Å². The normalized spacial score (nSPS) is 9.83. The standard InChI is InChI=1S/2Na.2H3O4P/c;;2*1-5(2,3)4/h;;2*(H3,1,2,3,4)/q2*+1;;/p-2. The van der Waals surface area contributed by atoms with E-state index >= 15 is 0 Å². The summed E-state index contributed by atoms with van der Waals surface area (Å²) in [6.45, 7) is 0. The Morgan fingerprint density at radius 1 is 0.833 bits per heavy atom. The summed E-state index contributed by atoms with van der Waals surface area (Å²) in [5.74, 6) is 0. The van der Waals surface area contributed by atoms with Crippen molar-refractivity contribution in [2.24, 2.45) is 0 Å². The van der Waals surface area contributed by atoms with Crippen LogP contribution in [0.25, 0.3) is 0 Å². The molecule has 0 saturated carbocycles. The van der Waals surface area contributed by atoms with Crippen molar-refractivity contribution in [3.8, 4) is 0 Å². The van der Waals surface area contributed by atoms with E-state index in [9.17, 15) is 0 Å². The van der Waals surface area contributed by atoms with E-state index in [1.54, 1.807) is 0 Å². The van der Waals surface area contributed by atoms with Gasteiger partial charge in [0.25, 0.3) is 0 Å². The summed E-state index contributed by atoms with van der Waals surface area (Å²) >= 11 is 0. The van der Waals surface area contributed by atoms with Gasteiger partial charge >= 0.3 is 66.9 Å². The number of hydrogen-bond acceptors (Lipinski definition) is 4. The molecule has 0 radical (unpaired) electrons. The fraction of sp³-hybridized carbons (Fsp3) is 0. The zero-order valence-corrected chi connectivity index (χ0v) is 12.1. The van der Waals surface area contributed by atoms with Crippen LogP contribution in [0, 0.1) is 0 Å². The molecule has 0 atom stereocenters. The van der Waals surface area contributed by atoms with Crippen molar-refractivity contribution in [2.45, 2.75) is 0 Å². The van der Waals surface area contributed by atoms with Gasteiger partial charge in [-0.15, -0.1) is 0 Å². The third-order valence-electron chi connectivity index (χ3n) is 0. The molecule has 64 valence electrons. The summed E-state index contributed by atoms with van der Waals surface area (Å²) in [6, 6.07) is 0. The predicted molar refractivity (Wildman–Crippen MR) is 24.1 cm³/mol. The second-order valence-corrected chi connectivity index (χ2v) is 2.95. The molecule has 0 saturated heterocycles. The Balaban J connectivity index is -0.0000000457. The Labute approximate surface area is 112 Å². The Bertz CT molecular complexity index is 127. The quantitative estimate of drug-likeness (QED) is 0.239. The van der Waals surface area contributed by atoms with Gasteiger partial charge in [0.15, 0.2) is 0 Å². The second-order valence-electron chi connectivity index (χ2n) is 0.982. The van der Waals surface area contributed by atoms with Gasteiger partial charge in [-0.1, -0.05) is 0 Å². The fourth-order valence-corrected chi connectivity index (χ4v) is 0. The molecular weight excluding hydrogens is 236 g/mol. The van der Waals surface area contributed by atoms with Crippen molar-refractivity contribution in [3.63, 3.8) is 0 Å². The molecule has 0 aliphatic heterocycles. The molecule has 0 fully saturated rings. The second kappa shape index (κ2) is 9.76. The monoisotopic (exact) mass is 240 g/mol. The van der Waals surface area contributed by atoms with Crippen LogP contribution in [0.4, 0.5) is 0 Å². The fourth-order valence-electron chi connectivity index (χ4n) is 0. The third kappa shape index (κ3) is 312. The molecule has 4 N–H and O–H groups in total. The van der Waals surface area contributed by atoms with Crippen LogP contribution < -0.4 is 68.9 Å². The summed E-state index contributed by atoms with van der Waals surface area (Å²) in [6.07, 6.45) is 0. The molecule has 8 nitrogen and oxygen atoms in total. The van der Waals surface area contributed by atoms with Crippen LogP contribution in [0.5, 0.6) is 0 Å². The largest absolute Gasteiger partial charge is 1.00 e. The van der Waals surface area contributed by atoms with Crippen LogP contribution in [0.1, 0.15) is 0 Å². The smallest absolute Gasteiger partial charge is 0.790 e. The zero-order chi connectivity index (χ0) is 9.00. The SMILES string of the molecule is O=P(O)(O)O.O=P([O-])([O-])O.[Na+].[Na+]. The molecule has 0 aromatic rings. The summed E-state index contributed by atoms with van der Waals surface area (Å²) in [5, 5.41) is 0. The van der Waals surface area contributed by atoms with Crippen molar-refractivity contribution in [3.05, 3.63) is 0 Å². The number of hydrogen-bond donors (Lipinski definition) is 4. The molecule has 0 spiro atoms. The molecule has 0 aromatic heterocycles. The van der Waals surface area contributed by atoms with Crippen LogP contribution in [0.15, 0.2) is 0 Å². The first-order valence-electron chi connectivity index (χ1n) is 1.53. The molecule has 0 aromatic carbocycles. The maximum atomic E-state index is 8.88.